The van der Waals surface area contributed by atoms with Gasteiger partial charge in [-0.25, -0.2) is 31.5 Å². The molecule has 0 aliphatic rings. The molecule has 0 bridgehead atoms. The first-order valence-electron chi connectivity index (χ1n) is 12.4. The van der Waals surface area contributed by atoms with Gasteiger partial charge in [0.05, 0.1) is 15.5 Å². The number of halogens is 1. The molecule has 4 rings (SSSR count). The van der Waals surface area contributed by atoms with Crippen LogP contribution in [0.15, 0.2) is 82.6 Å². The minimum Gasteiger partial charge on any atom is -0.325 e. The second-order valence-electron chi connectivity index (χ2n) is 9.36. The zero-order valence-electron chi connectivity index (χ0n) is 22.7. The van der Waals surface area contributed by atoms with Crippen molar-refractivity contribution < 1.29 is 21.6 Å². The number of benzene rings is 3. The quantitative estimate of drug-likeness (QED) is 0.271. The van der Waals surface area contributed by atoms with E-state index in [1.165, 1.54) is 36.4 Å². The minimum absolute atomic E-state index is 0.0186. The Morgan fingerprint density at radius 3 is 2.02 bits per heavy atom. The molecule has 0 spiro atoms. The Labute approximate surface area is 244 Å². The predicted molar refractivity (Wildman–Crippen MR) is 159 cm³/mol. The Bertz CT molecular complexity index is 1790. The third kappa shape index (κ3) is 7.02. The SMILES string of the molecule is Cc1ccc(S(=O)(=O)N(CC(=O)Nc2ccc(S(=O)(=O)Nc3nc(C)cc(C)n3)cc2)c2cccc(Cl)c2C)cc1. The molecular formula is C28H28ClN5O5S2. The van der Waals surface area contributed by atoms with Crippen molar-refractivity contribution in [3.8, 4) is 0 Å². The van der Waals surface area contributed by atoms with Crippen LogP contribution in [0.4, 0.5) is 17.3 Å². The molecule has 0 unspecified atom stereocenters. The highest BCUT2D eigenvalue weighted by molar-refractivity contribution is 7.93. The molecule has 10 nitrogen and oxygen atoms in total. The van der Waals surface area contributed by atoms with Crippen LogP contribution >= 0.6 is 11.6 Å². The maximum atomic E-state index is 13.7. The summed E-state index contributed by atoms with van der Waals surface area (Å²) in [5, 5.41) is 2.98. The zero-order valence-corrected chi connectivity index (χ0v) is 25.1. The monoisotopic (exact) mass is 613 g/mol. The summed E-state index contributed by atoms with van der Waals surface area (Å²) in [4.78, 5) is 21.2. The van der Waals surface area contributed by atoms with E-state index >= 15 is 0 Å². The van der Waals surface area contributed by atoms with Crippen LogP contribution in [0.25, 0.3) is 0 Å². The second-order valence-corrected chi connectivity index (χ2v) is 13.3. The van der Waals surface area contributed by atoms with Gasteiger partial charge in [0.25, 0.3) is 20.0 Å². The molecule has 2 N–H and O–H groups in total. The summed E-state index contributed by atoms with van der Waals surface area (Å²) >= 11 is 6.28. The summed E-state index contributed by atoms with van der Waals surface area (Å²) < 4.78 is 56.3. The fourth-order valence-electron chi connectivity index (χ4n) is 4.00. The van der Waals surface area contributed by atoms with Gasteiger partial charge in [0.1, 0.15) is 6.54 Å². The lowest BCUT2D eigenvalue weighted by Gasteiger charge is -2.26. The predicted octanol–water partition coefficient (Wildman–Crippen LogP) is 5.00. The maximum absolute atomic E-state index is 13.7. The second kappa shape index (κ2) is 11.9. The van der Waals surface area contributed by atoms with E-state index in [0.29, 0.717) is 22.0 Å². The molecule has 0 aliphatic heterocycles. The van der Waals surface area contributed by atoms with Crippen molar-refractivity contribution in [2.24, 2.45) is 0 Å². The topological polar surface area (TPSA) is 138 Å². The highest BCUT2D eigenvalue weighted by Crippen LogP contribution is 2.31. The van der Waals surface area contributed by atoms with Gasteiger partial charge in [-0.3, -0.25) is 9.10 Å². The molecule has 0 radical (unpaired) electrons. The van der Waals surface area contributed by atoms with E-state index < -0.39 is 32.5 Å². The van der Waals surface area contributed by atoms with E-state index in [4.69, 9.17) is 11.6 Å². The molecule has 0 aliphatic carbocycles. The Kier molecular flexibility index (Phi) is 8.66. The van der Waals surface area contributed by atoms with Crippen LogP contribution in [0.5, 0.6) is 0 Å². The van der Waals surface area contributed by atoms with Gasteiger partial charge < -0.3 is 5.32 Å². The van der Waals surface area contributed by atoms with Crippen molar-refractivity contribution in [2.75, 3.05) is 20.9 Å². The zero-order chi connectivity index (χ0) is 29.9. The average molecular weight is 614 g/mol. The molecule has 0 saturated carbocycles. The van der Waals surface area contributed by atoms with Crippen molar-refractivity contribution in [3.05, 3.63) is 100 Å². The van der Waals surface area contributed by atoms with Crippen LogP contribution in [-0.2, 0) is 24.8 Å². The van der Waals surface area contributed by atoms with E-state index in [-0.39, 0.29) is 27.1 Å². The lowest BCUT2D eigenvalue weighted by Crippen LogP contribution is -2.38. The molecule has 0 fully saturated rings. The first-order valence-corrected chi connectivity index (χ1v) is 15.7. The van der Waals surface area contributed by atoms with Gasteiger partial charge >= 0.3 is 0 Å². The summed E-state index contributed by atoms with van der Waals surface area (Å²) in [5.74, 6) is -0.691. The van der Waals surface area contributed by atoms with Crippen molar-refractivity contribution >= 4 is 54.9 Å². The maximum Gasteiger partial charge on any atom is 0.264 e. The van der Waals surface area contributed by atoms with E-state index in [1.807, 2.05) is 6.92 Å². The molecule has 13 heteroatoms. The van der Waals surface area contributed by atoms with Crippen molar-refractivity contribution in [3.63, 3.8) is 0 Å². The van der Waals surface area contributed by atoms with Crippen LogP contribution in [0.3, 0.4) is 0 Å². The van der Waals surface area contributed by atoms with E-state index in [1.54, 1.807) is 57.2 Å². The smallest absolute Gasteiger partial charge is 0.264 e. The number of carbonyl (C=O) groups excluding carboxylic acids is 1. The van der Waals surface area contributed by atoms with E-state index in [2.05, 4.69) is 20.0 Å². The van der Waals surface area contributed by atoms with Crippen LogP contribution < -0.4 is 14.3 Å². The molecular weight excluding hydrogens is 586 g/mol. The summed E-state index contributed by atoms with van der Waals surface area (Å²) in [7, 11) is -8.14. The number of aryl methyl sites for hydroxylation is 3. The largest absolute Gasteiger partial charge is 0.325 e. The molecule has 1 heterocycles. The van der Waals surface area contributed by atoms with Gasteiger partial charge in [-0.05, 0) is 87.9 Å². The van der Waals surface area contributed by atoms with Gasteiger partial charge in [-0.15, -0.1) is 0 Å². The number of rotatable bonds is 9. The normalized spacial score (nSPS) is 11.6. The lowest BCUT2D eigenvalue weighted by molar-refractivity contribution is -0.114. The number of anilines is 3. The van der Waals surface area contributed by atoms with E-state index in [0.717, 1.165) is 9.87 Å². The summed E-state index contributed by atoms with van der Waals surface area (Å²) in [6.45, 7) is 6.41. The van der Waals surface area contributed by atoms with Crippen LogP contribution in [-0.4, -0.2) is 39.3 Å². The van der Waals surface area contributed by atoms with Crippen LogP contribution in [0.1, 0.15) is 22.5 Å². The third-order valence-corrected chi connectivity index (χ3v) is 9.59. The molecule has 214 valence electrons. The van der Waals surface area contributed by atoms with Crippen molar-refractivity contribution in [2.45, 2.75) is 37.5 Å². The Morgan fingerprint density at radius 1 is 0.829 bits per heavy atom. The molecule has 0 atom stereocenters. The first-order chi connectivity index (χ1) is 19.3. The Balaban J connectivity index is 1.56. The number of nitrogens with zero attached hydrogens (tertiary/aromatic N) is 3. The fraction of sp³-hybridized carbons (Fsp3) is 0.179. The van der Waals surface area contributed by atoms with Gasteiger partial charge in [-0.1, -0.05) is 35.4 Å². The molecule has 4 aromatic rings. The van der Waals surface area contributed by atoms with Gasteiger partial charge in [0, 0.05) is 22.1 Å². The first kappa shape index (κ1) is 30.0. The standard InChI is InChI=1S/C28H28ClN5O5S2/c1-18-8-12-24(13-9-18)41(38,39)34(26-7-5-6-25(29)21(26)4)17-27(35)32-22-10-14-23(15-11-22)40(36,37)33-28-30-19(2)16-20(3)31-28/h5-16H,17H2,1-4H3,(H,32,35)(H,30,31,33). The number of carbonyl (C=O) groups is 1. The number of sulfonamides is 2. The average Bonchev–Trinajstić information content (AvgIpc) is 2.89. The molecule has 0 saturated heterocycles. The number of aromatic nitrogens is 2. The van der Waals surface area contributed by atoms with Gasteiger partial charge in [-0.2, -0.15) is 0 Å². The Hall–Kier alpha value is -4.00. The van der Waals surface area contributed by atoms with Crippen molar-refractivity contribution in [1.82, 2.24) is 9.97 Å². The number of nitrogens with one attached hydrogen (secondary N) is 2. The Morgan fingerprint density at radius 2 is 1.41 bits per heavy atom. The molecule has 1 amide bonds. The summed E-state index contributed by atoms with van der Waals surface area (Å²) in [6, 6.07) is 18.3. The highest BCUT2D eigenvalue weighted by Gasteiger charge is 2.29. The minimum atomic E-state index is -4.15. The highest BCUT2D eigenvalue weighted by atomic mass is 35.5. The molecule has 3 aromatic carbocycles. The lowest BCUT2D eigenvalue weighted by atomic mass is 10.2. The van der Waals surface area contributed by atoms with Gasteiger partial charge in [0.2, 0.25) is 11.9 Å². The van der Waals surface area contributed by atoms with Crippen LogP contribution in [0, 0.1) is 27.7 Å². The van der Waals surface area contributed by atoms with Crippen LogP contribution in [0.2, 0.25) is 5.02 Å². The fourth-order valence-corrected chi connectivity index (χ4v) is 6.59. The number of hydrogen-bond donors (Lipinski definition) is 2. The third-order valence-electron chi connectivity index (χ3n) is 6.06. The van der Waals surface area contributed by atoms with Gasteiger partial charge in [0.15, 0.2) is 0 Å². The summed E-state index contributed by atoms with van der Waals surface area (Å²) in [5.41, 5.74) is 3.13. The number of amides is 1. The summed E-state index contributed by atoms with van der Waals surface area (Å²) in [6.07, 6.45) is 0. The molecule has 41 heavy (non-hydrogen) atoms. The van der Waals surface area contributed by atoms with Crippen molar-refractivity contribution in [1.29, 1.82) is 0 Å². The molecule has 1 aromatic heterocycles. The number of hydrogen-bond acceptors (Lipinski definition) is 7. The van der Waals surface area contributed by atoms with E-state index in [9.17, 15) is 21.6 Å².